The molecule has 3 amide bonds. The molecule has 212 valence electrons. The number of anilines is 1. The molecule has 2 aliphatic rings. The number of alkyl halides is 3. The number of nitrogens with one attached hydrogen (secondary N) is 1. The molecular formula is C29H25F3N4O5. The van der Waals surface area contributed by atoms with Crippen molar-refractivity contribution in [2.75, 3.05) is 18.2 Å². The smallest absolute Gasteiger partial charge is 0.416 e. The standard InChI is InChI=1S/C29H25F3N4O5/c1-16(12-17-6-2-4-8-20(17)29(30,31)32)27(38)35-26-28(39)36(14-24(33)37)21-9-5-3-7-19(21)25(34-26)18-10-11-22-23(13-18)41-15-40-22/h2-11,13,16,26H,12,14-15H2,1H3,(H2,33,37)(H,35,38)/t16-,26?/m0/s1. The molecule has 3 aromatic rings. The summed E-state index contributed by atoms with van der Waals surface area (Å²) in [5.41, 5.74) is 6.26. The van der Waals surface area contributed by atoms with Crippen LogP contribution >= 0.6 is 0 Å². The van der Waals surface area contributed by atoms with Crippen LogP contribution in [0.2, 0.25) is 0 Å². The Morgan fingerprint density at radius 2 is 1.78 bits per heavy atom. The van der Waals surface area contributed by atoms with Gasteiger partial charge in [-0.1, -0.05) is 43.3 Å². The molecule has 0 fully saturated rings. The summed E-state index contributed by atoms with van der Waals surface area (Å²) in [4.78, 5) is 44.7. The average molecular weight is 567 g/mol. The Morgan fingerprint density at radius 3 is 2.54 bits per heavy atom. The zero-order valence-corrected chi connectivity index (χ0v) is 21.8. The number of carbonyl (C=O) groups is 3. The number of rotatable bonds is 7. The van der Waals surface area contributed by atoms with E-state index in [-0.39, 0.29) is 18.8 Å². The van der Waals surface area contributed by atoms with E-state index in [1.165, 1.54) is 25.1 Å². The molecule has 0 spiro atoms. The number of nitrogens with zero attached hydrogens (tertiary/aromatic N) is 2. The number of benzodiazepines with no additional fused rings is 1. The van der Waals surface area contributed by atoms with Gasteiger partial charge < -0.3 is 20.5 Å². The minimum Gasteiger partial charge on any atom is -0.454 e. The average Bonchev–Trinajstić information content (AvgIpc) is 3.37. The van der Waals surface area contributed by atoms with E-state index in [9.17, 15) is 27.6 Å². The van der Waals surface area contributed by atoms with Gasteiger partial charge in [-0.2, -0.15) is 13.2 Å². The second-order valence-electron chi connectivity index (χ2n) is 9.62. The molecule has 2 heterocycles. The van der Waals surface area contributed by atoms with Crippen LogP contribution in [0.25, 0.3) is 0 Å². The van der Waals surface area contributed by atoms with Crippen LogP contribution in [-0.4, -0.2) is 42.9 Å². The number of carbonyl (C=O) groups excluding carboxylic acids is 3. The van der Waals surface area contributed by atoms with Gasteiger partial charge in [0, 0.05) is 17.0 Å². The minimum atomic E-state index is -4.59. The molecule has 0 saturated carbocycles. The summed E-state index contributed by atoms with van der Waals surface area (Å²) in [5.74, 6) is -2.18. The van der Waals surface area contributed by atoms with Gasteiger partial charge in [0.2, 0.25) is 24.8 Å². The SMILES string of the molecule is C[C@@H](Cc1ccccc1C(F)(F)F)C(=O)NC1N=C(c2ccc3c(c2)OCO3)c2ccccc2N(CC(N)=O)C1=O. The Hall–Kier alpha value is -4.87. The summed E-state index contributed by atoms with van der Waals surface area (Å²) in [5, 5.41) is 2.57. The Labute approximate surface area is 232 Å². The molecule has 0 saturated heterocycles. The first kappa shape index (κ1) is 27.7. The van der Waals surface area contributed by atoms with Crippen molar-refractivity contribution < 1.29 is 37.0 Å². The van der Waals surface area contributed by atoms with Gasteiger partial charge in [-0.3, -0.25) is 19.3 Å². The van der Waals surface area contributed by atoms with Gasteiger partial charge in [-0.05, 0) is 42.3 Å². The predicted octanol–water partition coefficient (Wildman–Crippen LogP) is 3.42. The minimum absolute atomic E-state index is 0.0424. The van der Waals surface area contributed by atoms with Crippen molar-refractivity contribution in [1.82, 2.24) is 5.32 Å². The van der Waals surface area contributed by atoms with E-state index < -0.39 is 48.1 Å². The number of benzene rings is 3. The molecule has 1 unspecified atom stereocenters. The molecule has 0 aliphatic carbocycles. The molecule has 0 aromatic heterocycles. The maximum absolute atomic E-state index is 13.7. The topological polar surface area (TPSA) is 123 Å². The maximum atomic E-state index is 13.7. The highest BCUT2D eigenvalue weighted by Crippen LogP contribution is 2.36. The number of fused-ring (bicyclic) bond motifs is 2. The van der Waals surface area contributed by atoms with Crippen LogP contribution in [-0.2, 0) is 27.0 Å². The van der Waals surface area contributed by atoms with E-state index in [4.69, 9.17) is 15.2 Å². The lowest BCUT2D eigenvalue weighted by molar-refractivity contribution is -0.138. The summed E-state index contributed by atoms with van der Waals surface area (Å²) < 4.78 is 51.4. The highest BCUT2D eigenvalue weighted by molar-refractivity contribution is 6.21. The van der Waals surface area contributed by atoms with E-state index in [0.717, 1.165) is 11.0 Å². The molecule has 9 nitrogen and oxygen atoms in total. The molecule has 2 aliphatic heterocycles. The number of hydrogen-bond donors (Lipinski definition) is 2. The number of hydrogen-bond acceptors (Lipinski definition) is 6. The Bertz CT molecular complexity index is 1560. The van der Waals surface area contributed by atoms with Crippen molar-refractivity contribution in [3.63, 3.8) is 0 Å². The molecule has 41 heavy (non-hydrogen) atoms. The van der Waals surface area contributed by atoms with E-state index in [1.54, 1.807) is 42.5 Å². The van der Waals surface area contributed by atoms with Crippen molar-refractivity contribution in [2.45, 2.75) is 25.7 Å². The number of aliphatic imine (C=N–C) groups is 1. The summed E-state index contributed by atoms with van der Waals surface area (Å²) in [6.45, 7) is 1.02. The number of amides is 3. The Kier molecular flexibility index (Phi) is 7.40. The summed E-state index contributed by atoms with van der Waals surface area (Å²) in [6.07, 6.45) is -6.32. The van der Waals surface area contributed by atoms with Crippen LogP contribution in [0.3, 0.4) is 0 Å². The zero-order valence-electron chi connectivity index (χ0n) is 21.8. The number of nitrogens with two attached hydrogens (primary N) is 1. The monoisotopic (exact) mass is 566 g/mol. The second kappa shape index (κ2) is 11.0. The summed E-state index contributed by atoms with van der Waals surface area (Å²) in [6, 6.07) is 16.8. The normalized spacial score (nSPS) is 16.9. The molecule has 5 rings (SSSR count). The van der Waals surface area contributed by atoms with Crippen LogP contribution in [0.5, 0.6) is 11.5 Å². The number of para-hydroxylation sites is 1. The van der Waals surface area contributed by atoms with Gasteiger partial charge >= 0.3 is 6.18 Å². The van der Waals surface area contributed by atoms with Crippen molar-refractivity contribution in [1.29, 1.82) is 0 Å². The quantitative estimate of drug-likeness (QED) is 0.454. The van der Waals surface area contributed by atoms with Gasteiger partial charge in [-0.25, -0.2) is 4.99 Å². The van der Waals surface area contributed by atoms with Crippen molar-refractivity contribution in [2.24, 2.45) is 16.6 Å². The van der Waals surface area contributed by atoms with Crippen LogP contribution in [0.1, 0.15) is 29.2 Å². The molecular weight excluding hydrogens is 541 g/mol. The van der Waals surface area contributed by atoms with Gasteiger partial charge in [0.25, 0.3) is 5.91 Å². The zero-order chi connectivity index (χ0) is 29.3. The third kappa shape index (κ3) is 5.72. The fourth-order valence-electron chi connectivity index (χ4n) is 4.79. The largest absolute Gasteiger partial charge is 0.454 e. The lowest BCUT2D eigenvalue weighted by atomic mass is 9.96. The third-order valence-electron chi connectivity index (χ3n) is 6.74. The van der Waals surface area contributed by atoms with Gasteiger partial charge in [-0.15, -0.1) is 0 Å². The van der Waals surface area contributed by atoms with Crippen LogP contribution < -0.4 is 25.4 Å². The molecule has 0 bridgehead atoms. The molecule has 3 N–H and O–H groups in total. The van der Waals surface area contributed by atoms with Crippen molar-refractivity contribution in [3.8, 4) is 11.5 Å². The van der Waals surface area contributed by atoms with Gasteiger partial charge in [0.1, 0.15) is 6.54 Å². The van der Waals surface area contributed by atoms with E-state index in [0.29, 0.717) is 34.0 Å². The van der Waals surface area contributed by atoms with E-state index >= 15 is 0 Å². The van der Waals surface area contributed by atoms with Crippen LogP contribution in [0.15, 0.2) is 71.7 Å². The lowest BCUT2D eigenvalue weighted by Gasteiger charge is -2.25. The van der Waals surface area contributed by atoms with Crippen molar-refractivity contribution in [3.05, 3.63) is 89.0 Å². The Balaban J connectivity index is 1.51. The van der Waals surface area contributed by atoms with Gasteiger partial charge in [0.15, 0.2) is 11.5 Å². The first-order valence-electron chi connectivity index (χ1n) is 12.7. The van der Waals surface area contributed by atoms with Gasteiger partial charge in [0.05, 0.1) is 17.0 Å². The second-order valence-corrected chi connectivity index (χ2v) is 9.62. The fourth-order valence-corrected chi connectivity index (χ4v) is 4.79. The third-order valence-corrected chi connectivity index (χ3v) is 6.74. The summed E-state index contributed by atoms with van der Waals surface area (Å²) >= 11 is 0. The van der Waals surface area contributed by atoms with Crippen LogP contribution in [0, 0.1) is 5.92 Å². The number of ether oxygens (including phenoxy) is 2. The maximum Gasteiger partial charge on any atom is 0.416 e. The molecule has 2 atom stereocenters. The highest BCUT2D eigenvalue weighted by Gasteiger charge is 2.36. The molecule has 0 radical (unpaired) electrons. The lowest BCUT2D eigenvalue weighted by Crippen LogP contribution is -2.50. The summed E-state index contributed by atoms with van der Waals surface area (Å²) in [7, 11) is 0. The Morgan fingerprint density at radius 1 is 1.07 bits per heavy atom. The first-order chi connectivity index (χ1) is 19.5. The van der Waals surface area contributed by atoms with Crippen LogP contribution in [0.4, 0.5) is 18.9 Å². The number of halogens is 3. The highest BCUT2D eigenvalue weighted by atomic mass is 19.4. The molecule has 12 heteroatoms. The fraction of sp³-hybridized carbons (Fsp3) is 0.241. The van der Waals surface area contributed by atoms with E-state index in [1.807, 2.05) is 0 Å². The first-order valence-corrected chi connectivity index (χ1v) is 12.7. The predicted molar refractivity (Wildman–Crippen MR) is 142 cm³/mol. The number of primary amides is 1. The van der Waals surface area contributed by atoms with Crippen molar-refractivity contribution >= 4 is 29.1 Å². The molecule has 3 aromatic carbocycles. The van der Waals surface area contributed by atoms with E-state index in [2.05, 4.69) is 10.3 Å².